The molecule has 0 radical (unpaired) electrons. The summed E-state index contributed by atoms with van der Waals surface area (Å²) in [4.78, 5) is 2.49. The van der Waals surface area contributed by atoms with Crippen molar-refractivity contribution in [2.75, 3.05) is 33.4 Å². The van der Waals surface area contributed by atoms with Crippen molar-refractivity contribution in [3.8, 4) is 0 Å². The van der Waals surface area contributed by atoms with Crippen molar-refractivity contribution in [1.82, 2.24) is 4.90 Å². The molecule has 3 rings (SSSR count). The van der Waals surface area contributed by atoms with Crippen molar-refractivity contribution in [3.63, 3.8) is 0 Å². The van der Waals surface area contributed by atoms with Crippen molar-refractivity contribution in [2.24, 2.45) is 17.8 Å². The van der Waals surface area contributed by atoms with Crippen LogP contribution < -0.4 is 0 Å². The van der Waals surface area contributed by atoms with Crippen LogP contribution in [0.2, 0.25) is 0 Å². The second kappa shape index (κ2) is 5.89. The second-order valence-electron chi connectivity index (χ2n) is 6.51. The zero-order chi connectivity index (χ0) is 12.4. The third-order valence-corrected chi connectivity index (χ3v) is 5.07. The fourth-order valence-electron chi connectivity index (χ4n) is 4.12. The maximum absolute atomic E-state index is 5.60. The molecule has 3 fully saturated rings. The number of hydrogen-bond donors (Lipinski definition) is 0. The molecule has 1 aliphatic heterocycles. The Morgan fingerprint density at radius 1 is 1.11 bits per heavy atom. The Kier molecular flexibility index (Phi) is 4.22. The van der Waals surface area contributed by atoms with Gasteiger partial charge in [0.05, 0.1) is 13.2 Å². The van der Waals surface area contributed by atoms with Gasteiger partial charge in [0.15, 0.2) is 6.29 Å². The maximum atomic E-state index is 5.60. The van der Waals surface area contributed by atoms with E-state index in [1.165, 1.54) is 32.2 Å². The first-order valence-electron chi connectivity index (χ1n) is 7.73. The highest BCUT2D eigenvalue weighted by Gasteiger charge is 2.39. The molecule has 18 heavy (non-hydrogen) atoms. The molecule has 3 heteroatoms. The summed E-state index contributed by atoms with van der Waals surface area (Å²) in [6, 6.07) is 0. The second-order valence-corrected chi connectivity index (χ2v) is 6.51. The van der Waals surface area contributed by atoms with Crippen LogP contribution in [0.15, 0.2) is 0 Å². The molecule has 2 saturated carbocycles. The SMILES string of the molecule is CN(CCC1OCCCO1)CC1CC2CCC1C2. The Hall–Kier alpha value is -0.120. The zero-order valence-corrected chi connectivity index (χ0v) is 11.6. The van der Waals surface area contributed by atoms with Crippen LogP contribution in [0.5, 0.6) is 0 Å². The van der Waals surface area contributed by atoms with E-state index in [-0.39, 0.29) is 6.29 Å². The molecule has 2 bridgehead atoms. The van der Waals surface area contributed by atoms with Crippen molar-refractivity contribution in [1.29, 1.82) is 0 Å². The molecule has 0 aromatic carbocycles. The van der Waals surface area contributed by atoms with E-state index in [0.717, 1.165) is 50.4 Å². The third-order valence-electron chi connectivity index (χ3n) is 5.07. The lowest BCUT2D eigenvalue weighted by molar-refractivity contribution is -0.182. The van der Waals surface area contributed by atoms with Crippen LogP contribution >= 0.6 is 0 Å². The van der Waals surface area contributed by atoms with E-state index in [1.54, 1.807) is 0 Å². The average molecular weight is 253 g/mol. The van der Waals surface area contributed by atoms with Gasteiger partial charge in [-0.25, -0.2) is 0 Å². The lowest BCUT2D eigenvalue weighted by Gasteiger charge is -2.29. The van der Waals surface area contributed by atoms with Gasteiger partial charge in [-0.15, -0.1) is 0 Å². The lowest BCUT2D eigenvalue weighted by Crippen LogP contribution is -2.33. The minimum absolute atomic E-state index is 0.0567. The predicted octanol–water partition coefficient (Wildman–Crippen LogP) is 2.51. The van der Waals surface area contributed by atoms with Crippen LogP contribution in [-0.2, 0) is 9.47 Å². The van der Waals surface area contributed by atoms with Gasteiger partial charge in [-0.1, -0.05) is 6.42 Å². The van der Waals surface area contributed by atoms with Crippen molar-refractivity contribution in [2.45, 2.75) is 44.8 Å². The molecule has 3 nitrogen and oxygen atoms in total. The van der Waals surface area contributed by atoms with E-state index in [4.69, 9.17) is 9.47 Å². The van der Waals surface area contributed by atoms with E-state index in [0.29, 0.717) is 0 Å². The summed E-state index contributed by atoms with van der Waals surface area (Å²) >= 11 is 0. The molecule has 0 spiro atoms. The summed E-state index contributed by atoms with van der Waals surface area (Å²) < 4.78 is 11.2. The molecular weight excluding hydrogens is 226 g/mol. The summed E-state index contributed by atoms with van der Waals surface area (Å²) in [6.07, 6.45) is 8.15. The molecule has 1 saturated heterocycles. The molecule has 2 aliphatic carbocycles. The van der Waals surface area contributed by atoms with Crippen LogP contribution in [0.1, 0.15) is 38.5 Å². The Bertz CT molecular complexity index is 265. The number of nitrogens with zero attached hydrogens (tertiary/aromatic N) is 1. The minimum atomic E-state index is 0.0567. The van der Waals surface area contributed by atoms with Crippen molar-refractivity contribution < 1.29 is 9.47 Å². The van der Waals surface area contributed by atoms with E-state index < -0.39 is 0 Å². The third kappa shape index (κ3) is 3.06. The van der Waals surface area contributed by atoms with Gasteiger partial charge in [-0.3, -0.25) is 0 Å². The van der Waals surface area contributed by atoms with Crippen LogP contribution in [0.4, 0.5) is 0 Å². The van der Waals surface area contributed by atoms with E-state index >= 15 is 0 Å². The molecular formula is C15H27NO2. The largest absolute Gasteiger partial charge is 0.353 e. The fourth-order valence-corrected chi connectivity index (χ4v) is 4.12. The van der Waals surface area contributed by atoms with E-state index in [2.05, 4.69) is 11.9 Å². The Morgan fingerprint density at radius 3 is 2.61 bits per heavy atom. The summed E-state index contributed by atoms with van der Waals surface area (Å²) in [5, 5.41) is 0. The molecule has 3 unspecified atom stereocenters. The normalized spacial score (nSPS) is 36.7. The van der Waals surface area contributed by atoms with Gasteiger partial charge in [-0.05, 0) is 50.5 Å². The first kappa shape index (κ1) is 12.9. The van der Waals surface area contributed by atoms with Crippen LogP contribution in [0.25, 0.3) is 0 Å². The van der Waals surface area contributed by atoms with Crippen molar-refractivity contribution >= 4 is 0 Å². The Morgan fingerprint density at radius 2 is 1.94 bits per heavy atom. The fraction of sp³-hybridized carbons (Fsp3) is 1.00. The summed E-state index contributed by atoms with van der Waals surface area (Å²) in [6.45, 7) is 4.15. The molecule has 0 aromatic rings. The molecule has 3 atom stereocenters. The van der Waals surface area contributed by atoms with Gasteiger partial charge >= 0.3 is 0 Å². The predicted molar refractivity (Wildman–Crippen MR) is 71.4 cm³/mol. The van der Waals surface area contributed by atoms with E-state index in [9.17, 15) is 0 Å². The molecule has 1 heterocycles. The molecule has 3 aliphatic rings. The van der Waals surface area contributed by atoms with Crippen LogP contribution in [0, 0.1) is 17.8 Å². The van der Waals surface area contributed by atoms with Gasteiger partial charge in [-0.2, -0.15) is 0 Å². The Labute approximate surface area is 111 Å². The first-order valence-corrected chi connectivity index (χ1v) is 7.73. The lowest BCUT2D eigenvalue weighted by atomic mass is 9.88. The summed E-state index contributed by atoms with van der Waals surface area (Å²) in [7, 11) is 2.26. The van der Waals surface area contributed by atoms with Gasteiger partial charge in [0.25, 0.3) is 0 Å². The number of ether oxygens (including phenoxy) is 2. The first-order chi connectivity index (χ1) is 8.81. The highest BCUT2D eigenvalue weighted by atomic mass is 16.7. The molecule has 0 aromatic heterocycles. The average Bonchev–Trinajstić information content (AvgIpc) is 3.00. The Balaban J connectivity index is 1.35. The van der Waals surface area contributed by atoms with Gasteiger partial charge in [0.2, 0.25) is 0 Å². The zero-order valence-electron chi connectivity index (χ0n) is 11.6. The highest BCUT2D eigenvalue weighted by molar-refractivity contribution is 4.90. The molecule has 104 valence electrons. The van der Waals surface area contributed by atoms with Gasteiger partial charge in [0, 0.05) is 19.5 Å². The maximum Gasteiger partial charge on any atom is 0.158 e. The minimum Gasteiger partial charge on any atom is -0.353 e. The van der Waals surface area contributed by atoms with Crippen LogP contribution in [0.3, 0.4) is 0 Å². The topological polar surface area (TPSA) is 21.7 Å². The molecule has 0 N–H and O–H groups in total. The quantitative estimate of drug-likeness (QED) is 0.751. The van der Waals surface area contributed by atoms with Gasteiger partial charge < -0.3 is 14.4 Å². The highest BCUT2D eigenvalue weighted by Crippen LogP contribution is 2.48. The smallest absolute Gasteiger partial charge is 0.158 e. The number of rotatable bonds is 5. The standard InChI is InChI=1S/C15H27NO2/c1-16(6-5-15-17-7-2-8-18-15)11-14-10-12-3-4-13(14)9-12/h12-15H,2-11H2,1H3. The number of fused-ring (bicyclic) bond motifs is 2. The summed E-state index contributed by atoms with van der Waals surface area (Å²) in [5.74, 6) is 3.08. The molecule has 0 amide bonds. The van der Waals surface area contributed by atoms with Crippen LogP contribution in [-0.4, -0.2) is 44.5 Å². The van der Waals surface area contributed by atoms with Gasteiger partial charge in [0.1, 0.15) is 0 Å². The van der Waals surface area contributed by atoms with E-state index in [1.807, 2.05) is 0 Å². The summed E-state index contributed by atoms with van der Waals surface area (Å²) in [5.41, 5.74) is 0. The van der Waals surface area contributed by atoms with Crippen molar-refractivity contribution in [3.05, 3.63) is 0 Å². The monoisotopic (exact) mass is 253 g/mol. The number of hydrogen-bond acceptors (Lipinski definition) is 3.